The van der Waals surface area contributed by atoms with E-state index in [1.807, 2.05) is 24.3 Å². The highest BCUT2D eigenvalue weighted by Crippen LogP contribution is 2.11. The van der Waals surface area contributed by atoms with Crippen LogP contribution in [0, 0.1) is 5.92 Å². The van der Waals surface area contributed by atoms with Gasteiger partial charge in [-0.05, 0) is 13.3 Å². The average molecular weight is 279 g/mol. The van der Waals surface area contributed by atoms with Gasteiger partial charge in [0.2, 0.25) is 0 Å². The molecule has 1 atom stereocenters. The van der Waals surface area contributed by atoms with Crippen molar-refractivity contribution < 1.29 is 19.2 Å². The Balaban J connectivity index is 0.000000212. The molecule has 0 saturated carbocycles. The number of ether oxygens (including phenoxy) is 1. The summed E-state index contributed by atoms with van der Waals surface area (Å²) in [5, 5.41) is 1.79. The van der Waals surface area contributed by atoms with Crippen LogP contribution in [0.2, 0.25) is 0 Å². The lowest BCUT2D eigenvalue weighted by atomic mass is 10.1. The molecule has 0 aliphatic carbocycles. The number of hydrogen-bond acceptors (Lipinski definition) is 6. The lowest BCUT2D eigenvalue weighted by Gasteiger charge is -2.09. The largest absolute Gasteiger partial charge is 0.465 e. The van der Waals surface area contributed by atoms with Gasteiger partial charge >= 0.3 is 11.9 Å². The summed E-state index contributed by atoms with van der Waals surface area (Å²) in [4.78, 5) is 36.3. The number of carbonyl (C=O) groups is 2. The normalized spacial score (nSPS) is 11.6. The van der Waals surface area contributed by atoms with Crippen LogP contribution >= 0.6 is 0 Å². The van der Waals surface area contributed by atoms with Crippen LogP contribution in [-0.2, 0) is 19.2 Å². The van der Waals surface area contributed by atoms with E-state index in [2.05, 4.69) is 15.5 Å². The molecule has 6 heteroatoms. The number of fused-ring (bicyclic) bond motifs is 1. The summed E-state index contributed by atoms with van der Waals surface area (Å²) in [6.07, 6.45) is 0.328. The highest BCUT2D eigenvalue weighted by Gasteiger charge is 2.27. The van der Waals surface area contributed by atoms with Gasteiger partial charge in [0.05, 0.1) is 6.61 Å². The second-order valence-corrected chi connectivity index (χ2v) is 4.02. The highest BCUT2D eigenvalue weighted by molar-refractivity contribution is 5.97. The Kier molecular flexibility index (Phi) is 5.86. The van der Waals surface area contributed by atoms with E-state index in [4.69, 9.17) is 0 Å². The first-order valence-corrected chi connectivity index (χ1v) is 6.27. The zero-order valence-corrected chi connectivity index (χ0v) is 11.4. The van der Waals surface area contributed by atoms with Crippen molar-refractivity contribution in [2.75, 3.05) is 6.61 Å². The van der Waals surface area contributed by atoms with Crippen molar-refractivity contribution in [3.05, 3.63) is 34.5 Å². The third-order valence-corrected chi connectivity index (χ3v) is 2.73. The molecule has 0 aliphatic rings. The monoisotopic (exact) mass is 279 g/mol. The lowest BCUT2D eigenvalue weighted by molar-refractivity contribution is -0.162. The maximum absolute atomic E-state index is 11.0. The Morgan fingerprint density at radius 1 is 1.15 bits per heavy atom. The molecule has 0 aromatic heterocycles. The molecular weight excluding hydrogens is 262 g/mol. The molecule has 0 fully saturated rings. The first kappa shape index (κ1) is 15.8. The Labute approximate surface area is 116 Å². The van der Waals surface area contributed by atoms with Crippen LogP contribution in [0.1, 0.15) is 20.3 Å². The maximum Gasteiger partial charge on any atom is 0.338 e. The van der Waals surface area contributed by atoms with Gasteiger partial charge in [-0.1, -0.05) is 31.2 Å². The molecule has 0 saturated heterocycles. The van der Waals surface area contributed by atoms with Gasteiger partial charge in [-0.25, -0.2) is 4.79 Å². The van der Waals surface area contributed by atoms with Gasteiger partial charge in [0.1, 0.15) is 0 Å². The SMILES string of the molecule is CCOC(=O)C(CC)C(=O)ON.O=c1c2ccccc12. The Morgan fingerprint density at radius 3 is 2.05 bits per heavy atom. The standard InChI is InChI=1S/C7H13NO4.C7H4O/c1-3-5(7(10)12-8)6(9)11-4-2;8-7-5-3-1-2-4-6(5)7/h5H,3-4,8H2,1-2H3;1-4H. The van der Waals surface area contributed by atoms with Crippen LogP contribution in [0.15, 0.2) is 29.1 Å². The zero-order valence-electron chi connectivity index (χ0n) is 11.4. The first-order chi connectivity index (χ1) is 9.56. The first-order valence-electron chi connectivity index (χ1n) is 6.27. The molecule has 0 aliphatic heterocycles. The Bertz CT molecular complexity index is 566. The molecule has 2 aromatic rings. The van der Waals surface area contributed by atoms with E-state index in [1.54, 1.807) is 13.8 Å². The van der Waals surface area contributed by atoms with Gasteiger partial charge in [0, 0.05) is 10.8 Å². The predicted molar refractivity (Wildman–Crippen MR) is 73.3 cm³/mol. The van der Waals surface area contributed by atoms with Gasteiger partial charge < -0.3 is 9.57 Å². The van der Waals surface area contributed by atoms with Crippen molar-refractivity contribution in [1.82, 2.24) is 0 Å². The Hall–Kier alpha value is -2.21. The molecule has 0 amide bonds. The van der Waals surface area contributed by atoms with Crippen molar-refractivity contribution in [3.8, 4) is 0 Å². The summed E-state index contributed by atoms with van der Waals surface area (Å²) in [6.45, 7) is 3.59. The Morgan fingerprint density at radius 2 is 1.70 bits per heavy atom. The van der Waals surface area contributed by atoms with E-state index < -0.39 is 17.9 Å². The van der Waals surface area contributed by atoms with Crippen LogP contribution in [0.5, 0.6) is 0 Å². The van der Waals surface area contributed by atoms with Gasteiger partial charge in [-0.3, -0.25) is 9.59 Å². The summed E-state index contributed by atoms with van der Waals surface area (Å²) in [5.74, 6) is 2.39. The van der Waals surface area contributed by atoms with Crippen molar-refractivity contribution in [2.24, 2.45) is 11.8 Å². The summed E-state index contributed by atoms with van der Waals surface area (Å²) in [7, 11) is 0. The number of carbonyl (C=O) groups excluding carboxylic acids is 2. The highest BCUT2D eigenvalue weighted by atomic mass is 16.7. The van der Waals surface area contributed by atoms with Crippen LogP contribution < -0.4 is 11.3 Å². The van der Waals surface area contributed by atoms with E-state index >= 15 is 0 Å². The molecule has 0 bridgehead atoms. The fourth-order valence-electron chi connectivity index (χ4n) is 1.59. The molecule has 108 valence electrons. The lowest BCUT2D eigenvalue weighted by Crippen LogP contribution is -2.29. The van der Waals surface area contributed by atoms with Gasteiger partial charge in [-0.2, -0.15) is 5.90 Å². The van der Waals surface area contributed by atoms with Gasteiger partial charge in [0.25, 0.3) is 0 Å². The second-order valence-electron chi connectivity index (χ2n) is 4.02. The molecule has 6 nitrogen and oxygen atoms in total. The van der Waals surface area contributed by atoms with E-state index in [0.717, 1.165) is 10.8 Å². The van der Waals surface area contributed by atoms with Crippen LogP contribution in [0.25, 0.3) is 10.8 Å². The number of benzene rings is 1. The summed E-state index contributed by atoms with van der Waals surface area (Å²) in [5.41, 5.74) is 0.218. The van der Waals surface area contributed by atoms with E-state index in [9.17, 15) is 14.4 Å². The number of hydrogen-bond donors (Lipinski definition) is 1. The number of rotatable bonds is 4. The predicted octanol–water partition coefficient (Wildman–Crippen LogP) is 1.07. The van der Waals surface area contributed by atoms with E-state index in [0.29, 0.717) is 6.42 Å². The van der Waals surface area contributed by atoms with Crippen molar-refractivity contribution >= 4 is 22.7 Å². The summed E-state index contributed by atoms with van der Waals surface area (Å²) in [6, 6.07) is 7.45. The molecule has 0 spiro atoms. The third-order valence-electron chi connectivity index (χ3n) is 2.73. The fraction of sp³-hybridized carbons (Fsp3) is 0.357. The smallest absolute Gasteiger partial charge is 0.338 e. The van der Waals surface area contributed by atoms with Gasteiger partial charge in [-0.15, -0.1) is 0 Å². The van der Waals surface area contributed by atoms with Crippen LogP contribution in [-0.4, -0.2) is 18.5 Å². The molecular formula is C14H17NO5. The van der Waals surface area contributed by atoms with Crippen LogP contribution in [0.3, 0.4) is 0 Å². The number of nitrogens with two attached hydrogens (primary N) is 1. The third kappa shape index (κ3) is 3.89. The zero-order chi connectivity index (χ0) is 15.1. The van der Waals surface area contributed by atoms with Gasteiger partial charge in [0.15, 0.2) is 11.3 Å². The van der Waals surface area contributed by atoms with Crippen molar-refractivity contribution in [2.45, 2.75) is 20.3 Å². The van der Waals surface area contributed by atoms with E-state index in [-0.39, 0.29) is 12.0 Å². The summed E-state index contributed by atoms with van der Waals surface area (Å²) < 4.78 is 4.62. The second kappa shape index (κ2) is 7.40. The summed E-state index contributed by atoms with van der Waals surface area (Å²) >= 11 is 0. The minimum atomic E-state index is -0.894. The number of esters is 1. The minimum Gasteiger partial charge on any atom is -0.465 e. The molecule has 2 rings (SSSR count). The molecule has 2 aromatic carbocycles. The maximum atomic E-state index is 11.0. The molecule has 1 unspecified atom stereocenters. The molecule has 20 heavy (non-hydrogen) atoms. The molecule has 0 radical (unpaired) electrons. The van der Waals surface area contributed by atoms with Crippen LogP contribution in [0.4, 0.5) is 0 Å². The average Bonchev–Trinajstić information content (AvgIpc) is 3.12. The minimum absolute atomic E-state index is 0.218. The molecule has 0 heterocycles. The van der Waals surface area contributed by atoms with Crippen molar-refractivity contribution in [3.63, 3.8) is 0 Å². The van der Waals surface area contributed by atoms with E-state index in [1.165, 1.54) is 0 Å². The van der Waals surface area contributed by atoms with Crippen molar-refractivity contribution in [1.29, 1.82) is 0 Å². The fourth-order valence-corrected chi connectivity index (χ4v) is 1.59. The molecule has 2 N–H and O–H groups in total. The quantitative estimate of drug-likeness (QED) is 0.511. The topological polar surface area (TPSA) is 95.7 Å².